The van der Waals surface area contributed by atoms with E-state index in [1.165, 1.54) is 35.9 Å². The number of benzene rings is 2. The molecule has 0 saturated carbocycles. The van der Waals surface area contributed by atoms with Crippen LogP contribution in [0.5, 0.6) is 0 Å². The molecule has 0 bridgehead atoms. The quantitative estimate of drug-likeness (QED) is 0.630. The molecule has 4 rings (SSSR count). The Labute approximate surface area is 155 Å². The number of rotatable bonds is 2. The van der Waals surface area contributed by atoms with Crippen molar-refractivity contribution in [2.75, 3.05) is 0 Å². The van der Waals surface area contributed by atoms with Crippen molar-refractivity contribution in [1.29, 1.82) is 0 Å². The van der Waals surface area contributed by atoms with Gasteiger partial charge >= 0.3 is 12.1 Å². The summed E-state index contributed by atoms with van der Waals surface area (Å²) in [5.41, 5.74) is -0.390. The monoisotopic (exact) mass is 388 g/mol. The zero-order chi connectivity index (χ0) is 20.2. The minimum Gasteiger partial charge on any atom is -0.338 e. The molecule has 0 unspecified atom stereocenters. The molecule has 1 aliphatic rings. The number of hydrogen-bond donors (Lipinski definition) is 0. The number of amides is 2. The van der Waals surface area contributed by atoms with E-state index >= 15 is 0 Å². The molecule has 9 heteroatoms. The largest absolute Gasteiger partial charge is 0.416 e. The third-order valence-corrected chi connectivity index (χ3v) is 4.51. The first kappa shape index (κ1) is 17.8. The number of carbonyl (C=O) groups is 3. The molecule has 28 heavy (non-hydrogen) atoms. The highest BCUT2D eigenvalue weighted by atomic mass is 19.4. The Balaban J connectivity index is 1.66. The standard InChI is InChI=1S/C19H11F3N2O4/c1-23-14-7-6-11(19(20,21)22)8-10(14)9-15(23)18(27)28-24-16(25)12-4-2-3-5-13(12)17(24)26/h2-9H,1H3. The van der Waals surface area contributed by atoms with E-state index in [0.29, 0.717) is 10.6 Å². The first-order valence-corrected chi connectivity index (χ1v) is 8.05. The molecule has 0 N–H and O–H groups in total. The van der Waals surface area contributed by atoms with E-state index in [0.717, 1.165) is 12.1 Å². The lowest BCUT2D eigenvalue weighted by molar-refractivity contribution is -0.137. The molecule has 0 spiro atoms. The molecule has 2 aromatic carbocycles. The van der Waals surface area contributed by atoms with Gasteiger partial charge < -0.3 is 9.40 Å². The van der Waals surface area contributed by atoms with Gasteiger partial charge in [0.1, 0.15) is 5.69 Å². The SMILES string of the molecule is Cn1c(C(=O)ON2C(=O)c3ccccc3C2=O)cc2cc(C(F)(F)F)ccc21. The lowest BCUT2D eigenvalue weighted by atomic mass is 10.1. The molecule has 0 atom stereocenters. The van der Waals surface area contributed by atoms with Gasteiger partial charge in [0.2, 0.25) is 0 Å². The summed E-state index contributed by atoms with van der Waals surface area (Å²) in [6.45, 7) is 0. The number of imide groups is 1. The molecule has 3 aromatic rings. The van der Waals surface area contributed by atoms with Crippen LogP contribution in [-0.4, -0.2) is 27.4 Å². The molecular weight excluding hydrogens is 377 g/mol. The van der Waals surface area contributed by atoms with Crippen LogP contribution in [0.2, 0.25) is 0 Å². The normalized spacial score (nSPS) is 13.9. The van der Waals surface area contributed by atoms with E-state index in [4.69, 9.17) is 4.84 Å². The van der Waals surface area contributed by atoms with Crippen LogP contribution in [0.3, 0.4) is 0 Å². The van der Waals surface area contributed by atoms with E-state index in [1.807, 2.05) is 0 Å². The summed E-state index contributed by atoms with van der Waals surface area (Å²) in [6.07, 6.45) is -4.52. The zero-order valence-corrected chi connectivity index (χ0v) is 14.3. The third-order valence-electron chi connectivity index (χ3n) is 4.51. The fourth-order valence-electron chi connectivity index (χ4n) is 3.10. The van der Waals surface area contributed by atoms with Gasteiger partial charge in [0.15, 0.2) is 0 Å². The molecule has 142 valence electrons. The lowest BCUT2D eigenvalue weighted by Gasteiger charge is -2.13. The molecule has 0 radical (unpaired) electrons. The van der Waals surface area contributed by atoms with Gasteiger partial charge in [0, 0.05) is 18.0 Å². The number of carbonyl (C=O) groups excluding carboxylic acids is 3. The fraction of sp³-hybridized carbons (Fsp3) is 0.105. The second-order valence-corrected chi connectivity index (χ2v) is 6.19. The molecule has 1 aromatic heterocycles. The van der Waals surface area contributed by atoms with E-state index in [9.17, 15) is 27.6 Å². The van der Waals surface area contributed by atoms with E-state index in [1.54, 1.807) is 12.1 Å². The van der Waals surface area contributed by atoms with Gasteiger partial charge in [-0.2, -0.15) is 13.2 Å². The molecule has 0 fully saturated rings. The summed E-state index contributed by atoms with van der Waals surface area (Å²) in [6, 6.07) is 10.3. The Morgan fingerprint density at radius 2 is 1.57 bits per heavy atom. The minimum absolute atomic E-state index is 0.104. The average Bonchev–Trinajstić information content (AvgIpc) is 3.11. The average molecular weight is 388 g/mol. The molecular formula is C19H11F3N2O4. The highest BCUT2D eigenvalue weighted by molar-refractivity contribution is 6.21. The van der Waals surface area contributed by atoms with Crippen LogP contribution in [0, 0.1) is 0 Å². The Morgan fingerprint density at radius 1 is 0.964 bits per heavy atom. The van der Waals surface area contributed by atoms with Gasteiger partial charge in [0.25, 0.3) is 11.8 Å². The molecule has 2 amide bonds. The van der Waals surface area contributed by atoms with Crippen LogP contribution in [0.25, 0.3) is 10.9 Å². The topological polar surface area (TPSA) is 68.6 Å². The van der Waals surface area contributed by atoms with Gasteiger partial charge in [-0.05, 0) is 36.4 Å². The second-order valence-electron chi connectivity index (χ2n) is 6.19. The zero-order valence-electron chi connectivity index (χ0n) is 14.3. The van der Waals surface area contributed by atoms with Gasteiger partial charge in [0.05, 0.1) is 16.7 Å². The van der Waals surface area contributed by atoms with Crippen LogP contribution in [0.15, 0.2) is 48.5 Å². The Hall–Kier alpha value is -3.62. The fourth-order valence-corrected chi connectivity index (χ4v) is 3.10. The third kappa shape index (κ3) is 2.63. The van der Waals surface area contributed by atoms with Crippen molar-refractivity contribution in [1.82, 2.24) is 9.63 Å². The molecule has 0 saturated heterocycles. The first-order chi connectivity index (χ1) is 13.2. The van der Waals surface area contributed by atoms with Gasteiger partial charge in [-0.15, -0.1) is 0 Å². The number of hydrogen-bond acceptors (Lipinski definition) is 4. The number of aryl methyl sites for hydroxylation is 1. The number of hydroxylamine groups is 2. The highest BCUT2D eigenvalue weighted by Crippen LogP contribution is 2.32. The maximum absolute atomic E-state index is 12.9. The molecule has 1 aliphatic heterocycles. The molecule has 0 aliphatic carbocycles. The van der Waals surface area contributed by atoms with Gasteiger partial charge in [-0.25, -0.2) is 4.79 Å². The van der Waals surface area contributed by atoms with Crippen molar-refractivity contribution < 1.29 is 32.4 Å². The van der Waals surface area contributed by atoms with Crippen molar-refractivity contribution in [2.45, 2.75) is 6.18 Å². The Kier molecular flexibility index (Phi) is 3.77. The van der Waals surface area contributed by atoms with Gasteiger partial charge in [-0.3, -0.25) is 9.59 Å². The van der Waals surface area contributed by atoms with E-state index in [2.05, 4.69) is 0 Å². The molecule has 6 nitrogen and oxygen atoms in total. The minimum atomic E-state index is -4.52. The lowest BCUT2D eigenvalue weighted by Crippen LogP contribution is -2.33. The Morgan fingerprint density at radius 3 is 2.14 bits per heavy atom. The highest BCUT2D eigenvalue weighted by Gasteiger charge is 2.39. The van der Waals surface area contributed by atoms with Crippen molar-refractivity contribution in [3.8, 4) is 0 Å². The van der Waals surface area contributed by atoms with E-state index in [-0.39, 0.29) is 22.2 Å². The number of halogens is 3. The smallest absolute Gasteiger partial charge is 0.338 e. The van der Waals surface area contributed by atoms with Crippen LogP contribution in [-0.2, 0) is 18.1 Å². The maximum Gasteiger partial charge on any atom is 0.416 e. The summed E-state index contributed by atoms with van der Waals surface area (Å²) >= 11 is 0. The predicted molar refractivity (Wildman–Crippen MR) is 90.3 cm³/mol. The van der Waals surface area contributed by atoms with Crippen LogP contribution in [0.1, 0.15) is 36.8 Å². The predicted octanol–water partition coefficient (Wildman–Crippen LogP) is 3.57. The number of alkyl halides is 3. The van der Waals surface area contributed by atoms with Crippen molar-refractivity contribution in [3.05, 3.63) is 70.9 Å². The molecule has 2 heterocycles. The maximum atomic E-state index is 12.9. The number of aromatic nitrogens is 1. The summed E-state index contributed by atoms with van der Waals surface area (Å²) in [5.74, 6) is -2.61. The van der Waals surface area contributed by atoms with Crippen molar-refractivity contribution in [2.24, 2.45) is 7.05 Å². The van der Waals surface area contributed by atoms with Crippen molar-refractivity contribution in [3.63, 3.8) is 0 Å². The van der Waals surface area contributed by atoms with Gasteiger partial charge in [-0.1, -0.05) is 17.2 Å². The summed E-state index contributed by atoms with van der Waals surface area (Å²) in [7, 11) is 1.47. The van der Waals surface area contributed by atoms with E-state index < -0.39 is 29.5 Å². The van der Waals surface area contributed by atoms with Crippen molar-refractivity contribution >= 4 is 28.7 Å². The van der Waals surface area contributed by atoms with Crippen LogP contribution >= 0.6 is 0 Å². The summed E-state index contributed by atoms with van der Waals surface area (Å²) in [4.78, 5) is 42.0. The number of fused-ring (bicyclic) bond motifs is 2. The summed E-state index contributed by atoms with van der Waals surface area (Å²) in [5, 5.41) is 0.526. The van der Waals surface area contributed by atoms with Crippen LogP contribution in [0.4, 0.5) is 13.2 Å². The van der Waals surface area contributed by atoms with Crippen LogP contribution < -0.4 is 0 Å². The second kappa shape index (κ2) is 5.95. The number of nitrogens with zero attached hydrogens (tertiary/aromatic N) is 2. The summed E-state index contributed by atoms with van der Waals surface area (Å²) < 4.78 is 40.0. The Bertz CT molecular complexity index is 1130. The first-order valence-electron chi connectivity index (χ1n) is 8.05.